The van der Waals surface area contributed by atoms with Crippen molar-refractivity contribution in [2.24, 2.45) is 10.3 Å². The molecule has 0 unspecified atom stereocenters. The fourth-order valence-corrected chi connectivity index (χ4v) is 3.18. The van der Waals surface area contributed by atoms with Gasteiger partial charge in [0.25, 0.3) is 11.8 Å². The van der Waals surface area contributed by atoms with E-state index in [4.69, 9.17) is 16.3 Å². The SMILES string of the molecule is COc1cccc(N2C(=O)[C@H]3N=NN(c4cccc(Cl)c4)[C@@H]3C2=O)c1. The van der Waals surface area contributed by atoms with Gasteiger partial charge in [0.15, 0.2) is 12.1 Å². The van der Waals surface area contributed by atoms with Gasteiger partial charge in [0, 0.05) is 11.1 Å². The number of nitrogens with zero attached hydrogens (tertiary/aromatic N) is 4. The molecule has 0 saturated carbocycles. The first kappa shape index (κ1) is 15.6. The van der Waals surface area contributed by atoms with E-state index in [-0.39, 0.29) is 5.91 Å². The predicted octanol–water partition coefficient (Wildman–Crippen LogP) is 2.85. The van der Waals surface area contributed by atoms with E-state index in [2.05, 4.69) is 10.3 Å². The normalized spacial score (nSPS) is 21.8. The van der Waals surface area contributed by atoms with E-state index >= 15 is 0 Å². The quantitative estimate of drug-likeness (QED) is 0.792. The van der Waals surface area contributed by atoms with Gasteiger partial charge in [-0.3, -0.25) is 9.59 Å². The maximum atomic E-state index is 12.9. The van der Waals surface area contributed by atoms with E-state index in [0.717, 1.165) is 4.90 Å². The lowest BCUT2D eigenvalue weighted by atomic mass is 10.1. The lowest BCUT2D eigenvalue weighted by molar-refractivity contribution is -0.121. The van der Waals surface area contributed by atoms with Gasteiger partial charge in [-0.1, -0.05) is 29.0 Å². The number of hydrogen-bond donors (Lipinski definition) is 0. The number of carbonyl (C=O) groups is 2. The summed E-state index contributed by atoms with van der Waals surface area (Å²) in [7, 11) is 1.52. The van der Waals surface area contributed by atoms with Gasteiger partial charge in [-0.05, 0) is 30.3 Å². The summed E-state index contributed by atoms with van der Waals surface area (Å²) in [4.78, 5) is 26.8. The monoisotopic (exact) mass is 356 g/mol. The summed E-state index contributed by atoms with van der Waals surface area (Å²) in [5, 5.41) is 9.95. The minimum Gasteiger partial charge on any atom is -0.497 e. The Bertz CT molecular complexity index is 901. The number of halogens is 1. The van der Waals surface area contributed by atoms with Crippen molar-refractivity contribution in [2.75, 3.05) is 17.0 Å². The molecule has 2 aromatic rings. The van der Waals surface area contributed by atoms with E-state index < -0.39 is 18.0 Å². The van der Waals surface area contributed by atoms with Gasteiger partial charge in [-0.15, -0.1) is 0 Å². The number of carbonyl (C=O) groups excluding carboxylic acids is 2. The van der Waals surface area contributed by atoms with Crippen LogP contribution in [0.1, 0.15) is 0 Å². The number of hydrogen-bond acceptors (Lipinski definition) is 6. The molecule has 0 radical (unpaired) electrons. The Kier molecular flexibility index (Phi) is 3.65. The standard InChI is InChI=1S/C17H13ClN4O3/c1-25-13-7-3-5-11(9-13)21-16(23)14-15(17(21)24)22(20-19-14)12-6-2-4-10(18)8-12/h2-9,14-15H,1H3/t14-,15-/m0/s1. The third-order valence-electron chi connectivity index (χ3n) is 4.17. The lowest BCUT2D eigenvalue weighted by Crippen LogP contribution is -2.39. The van der Waals surface area contributed by atoms with Gasteiger partial charge < -0.3 is 4.74 Å². The minimum absolute atomic E-state index is 0.381. The summed E-state index contributed by atoms with van der Waals surface area (Å²) in [5.74, 6) is -0.228. The van der Waals surface area contributed by atoms with Crippen LogP contribution < -0.4 is 14.6 Å². The first-order valence-corrected chi connectivity index (χ1v) is 7.95. The van der Waals surface area contributed by atoms with E-state index in [9.17, 15) is 9.59 Å². The van der Waals surface area contributed by atoms with Crippen LogP contribution in [0, 0.1) is 0 Å². The summed E-state index contributed by atoms with van der Waals surface area (Å²) in [6.45, 7) is 0. The second-order valence-corrected chi connectivity index (χ2v) is 6.07. The molecule has 1 saturated heterocycles. The molecule has 7 nitrogen and oxygen atoms in total. The van der Waals surface area contributed by atoms with Crippen LogP contribution in [-0.4, -0.2) is 31.0 Å². The van der Waals surface area contributed by atoms with Gasteiger partial charge in [0.2, 0.25) is 0 Å². The Hall–Kier alpha value is -2.93. The molecular weight excluding hydrogens is 344 g/mol. The molecule has 25 heavy (non-hydrogen) atoms. The fraction of sp³-hybridized carbons (Fsp3) is 0.176. The average Bonchev–Trinajstić information content (AvgIpc) is 3.16. The highest BCUT2D eigenvalue weighted by Crippen LogP contribution is 2.36. The summed E-state index contributed by atoms with van der Waals surface area (Å²) < 4.78 is 5.17. The summed E-state index contributed by atoms with van der Waals surface area (Å²) in [6.07, 6.45) is 0. The molecule has 1 fully saturated rings. The molecule has 126 valence electrons. The second kappa shape index (κ2) is 5.86. The van der Waals surface area contributed by atoms with Crippen LogP contribution in [0.5, 0.6) is 5.75 Å². The molecule has 2 aromatic carbocycles. The topological polar surface area (TPSA) is 74.6 Å². The molecule has 4 rings (SSSR count). The number of rotatable bonds is 3. The van der Waals surface area contributed by atoms with Crippen LogP contribution in [0.4, 0.5) is 11.4 Å². The van der Waals surface area contributed by atoms with Crippen molar-refractivity contribution in [1.82, 2.24) is 0 Å². The van der Waals surface area contributed by atoms with E-state index in [1.165, 1.54) is 12.1 Å². The molecule has 0 bridgehead atoms. The molecule has 2 atom stereocenters. The molecule has 2 heterocycles. The number of methoxy groups -OCH3 is 1. The molecule has 8 heteroatoms. The van der Waals surface area contributed by atoms with Crippen LogP contribution in [0.15, 0.2) is 58.9 Å². The molecule has 2 aliphatic heterocycles. The largest absolute Gasteiger partial charge is 0.497 e. The van der Waals surface area contributed by atoms with Crippen molar-refractivity contribution in [2.45, 2.75) is 12.1 Å². The Balaban J connectivity index is 1.70. The van der Waals surface area contributed by atoms with Crippen molar-refractivity contribution < 1.29 is 14.3 Å². The molecule has 2 amide bonds. The van der Waals surface area contributed by atoms with E-state index in [1.54, 1.807) is 48.5 Å². The fourth-order valence-electron chi connectivity index (χ4n) is 3.00. The highest BCUT2D eigenvalue weighted by molar-refractivity contribution is 6.31. The van der Waals surface area contributed by atoms with Crippen molar-refractivity contribution >= 4 is 34.8 Å². The second-order valence-electron chi connectivity index (χ2n) is 5.63. The number of benzene rings is 2. The van der Waals surface area contributed by atoms with Gasteiger partial charge in [0.1, 0.15) is 5.75 Å². The minimum atomic E-state index is -0.863. The van der Waals surface area contributed by atoms with E-state index in [1.807, 2.05) is 0 Å². The summed E-state index contributed by atoms with van der Waals surface area (Å²) in [5.41, 5.74) is 1.06. The van der Waals surface area contributed by atoms with Crippen LogP contribution in [0.2, 0.25) is 5.02 Å². The Labute approximate surface area is 148 Å². The van der Waals surface area contributed by atoms with Crippen LogP contribution in [0.25, 0.3) is 0 Å². The first-order valence-electron chi connectivity index (χ1n) is 7.57. The van der Waals surface area contributed by atoms with Crippen LogP contribution >= 0.6 is 11.6 Å². The highest BCUT2D eigenvalue weighted by atomic mass is 35.5. The lowest BCUT2D eigenvalue weighted by Gasteiger charge is -2.20. The zero-order valence-electron chi connectivity index (χ0n) is 13.2. The van der Waals surface area contributed by atoms with Crippen LogP contribution in [0.3, 0.4) is 0 Å². The van der Waals surface area contributed by atoms with Crippen molar-refractivity contribution in [3.63, 3.8) is 0 Å². The number of amides is 2. The Morgan fingerprint density at radius 3 is 2.56 bits per heavy atom. The Morgan fingerprint density at radius 2 is 1.80 bits per heavy atom. The van der Waals surface area contributed by atoms with Crippen molar-refractivity contribution in [3.8, 4) is 5.75 Å². The molecule has 0 spiro atoms. The maximum absolute atomic E-state index is 12.9. The number of fused-ring (bicyclic) bond motifs is 1. The summed E-state index contributed by atoms with van der Waals surface area (Å²) in [6, 6.07) is 12.0. The molecule has 0 aliphatic carbocycles. The smallest absolute Gasteiger partial charge is 0.263 e. The number of ether oxygens (including phenoxy) is 1. The predicted molar refractivity (Wildman–Crippen MR) is 91.9 cm³/mol. The first-order chi connectivity index (χ1) is 12.1. The molecule has 0 aromatic heterocycles. The molecular formula is C17H13ClN4O3. The van der Waals surface area contributed by atoms with E-state index in [0.29, 0.717) is 22.1 Å². The number of anilines is 2. The maximum Gasteiger partial charge on any atom is 0.263 e. The van der Waals surface area contributed by atoms with Gasteiger partial charge in [-0.25, -0.2) is 9.91 Å². The molecule has 2 aliphatic rings. The summed E-state index contributed by atoms with van der Waals surface area (Å²) >= 11 is 6.01. The van der Waals surface area contributed by atoms with Crippen molar-refractivity contribution in [1.29, 1.82) is 0 Å². The van der Waals surface area contributed by atoms with Crippen molar-refractivity contribution in [3.05, 3.63) is 53.6 Å². The highest BCUT2D eigenvalue weighted by Gasteiger charge is 2.55. The van der Waals surface area contributed by atoms with Gasteiger partial charge in [0.05, 0.1) is 18.5 Å². The number of imide groups is 1. The third kappa shape index (κ3) is 2.44. The van der Waals surface area contributed by atoms with Gasteiger partial charge in [-0.2, -0.15) is 5.11 Å². The van der Waals surface area contributed by atoms with Gasteiger partial charge >= 0.3 is 0 Å². The average molecular weight is 357 g/mol. The zero-order valence-corrected chi connectivity index (χ0v) is 13.9. The molecule has 0 N–H and O–H groups in total. The zero-order chi connectivity index (χ0) is 17.6. The third-order valence-corrected chi connectivity index (χ3v) is 4.40. The van der Waals surface area contributed by atoms with Crippen LogP contribution in [-0.2, 0) is 9.59 Å². The Morgan fingerprint density at radius 1 is 1.04 bits per heavy atom.